The summed E-state index contributed by atoms with van der Waals surface area (Å²) in [6.07, 6.45) is 6.27. The lowest BCUT2D eigenvalue weighted by Gasteiger charge is -2.32. The highest BCUT2D eigenvalue weighted by molar-refractivity contribution is 6.35. The molecule has 0 amide bonds. The van der Waals surface area contributed by atoms with E-state index in [2.05, 4.69) is 6.92 Å². The average molecular weight is 301 g/mol. The molecule has 0 saturated heterocycles. The molecule has 1 aromatic rings. The normalized spacial score (nSPS) is 25.3. The molecule has 2 rings (SSSR count). The summed E-state index contributed by atoms with van der Waals surface area (Å²) in [6, 6.07) is 5.52. The van der Waals surface area contributed by atoms with Gasteiger partial charge < -0.3 is 5.11 Å². The van der Waals surface area contributed by atoms with E-state index in [1.807, 2.05) is 18.2 Å². The first kappa shape index (κ1) is 15.2. The number of hydrogen-bond donors (Lipinski definition) is 1. The van der Waals surface area contributed by atoms with Gasteiger partial charge in [-0.25, -0.2) is 0 Å². The van der Waals surface area contributed by atoms with Crippen LogP contribution in [0.3, 0.4) is 0 Å². The van der Waals surface area contributed by atoms with E-state index in [-0.39, 0.29) is 6.10 Å². The van der Waals surface area contributed by atoms with Crippen molar-refractivity contribution in [2.45, 2.75) is 51.6 Å². The van der Waals surface area contributed by atoms with Crippen LogP contribution < -0.4 is 0 Å². The molecular weight excluding hydrogens is 279 g/mol. The van der Waals surface area contributed by atoms with E-state index in [0.717, 1.165) is 24.3 Å². The van der Waals surface area contributed by atoms with Gasteiger partial charge in [0, 0.05) is 16.5 Å². The Morgan fingerprint density at radius 1 is 1.26 bits per heavy atom. The van der Waals surface area contributed by atoms with Gasteiger partial charge in [0.2, 0.25) is 0 Å². The van der Waals surface area contributed by atoms with E-state index in [4.69, 9.17) is 23.2 Å². The number of halogens is 2. The van der Waals surface area contributed by atoms with Gasteiger partial charge in [-0.2, -0.15) is 0 Å². The van der Waals surface area contributed by atoms with Crippen LogP contribution in [0.2, 0.25) is 10.0 Å². The third-order valence-corrected chi connectivity index (χ3v) is 5.13. The predicted octanol–water partition coefficient (Wildman–Crippen LogP) is 5.11. The summed E-state index contributed by atoms with van der Waals surface area (Å²) in [5, 5.41) is 11.8. The first-order valence-electron chi connectivity index (χ1n) is 7.22. The fourth-order valence-corrected chi connectivity index (χ4v) is 3.71. The zero-order chi connectivity index (χ0) is 13.8. The molecule has 0 aliphatic heterocycles. The van der Waals surface area contributed by atoms with Crippen molar-refractivity contribution in [1.29, 1.82) is 0 Å². The van der Waals surface area contributed by atoms with Crippen LogP contribution in [-0.2, 0) is 6.42 Å². The summed E-state index contributed by atoms with van der Waals surface area (Å²) in [7, 11) is 0. The van der Waals surface area contributed by atoms with Crippen molar-refractivity contribution in [2.75, 3.05) is 0 Å². The summed E-state index contributed by atoms with van der Waals surface area (Å²) in [5.41, 5.74) is 0.886. The fourth-order valence-electron chi connectivity index (χ4n) is 3.16. The van der Waals surface area contributed by atoms with Gasteiger partial charge in [-0.15, -0.1) is 0 Å². The molecule has 1 N–H and O–H groups in total. The van der Waals surface area contributed by atoms with Gasteiger partial charge in [0.05, 0.1) is 6.10 Å². The van der Waals surface area contributed by atoms with E-state index in [0.29, 0.717) is 22.4 Å². The third-order valence-electron chi connectivity index (χ3n) is 4.42. The quantitative estimate of drug-likeness (QED) is 0.819. The van der Waals surface area contributed by atoms with Gasteiger partial charge in [-0.3, -0.25) is 0 Å². The Bertz CT molecular complexity index is 399. The first-order chi connectivity index (χ1) is 9.11. The molecule has 19 heavy (non-hydrogen) atoms. The lowest BCUT2D eigenvalue weighted by Crippen LogP contribution is -2.28. The van der Waals surface area contributed by atoms with Crippen molar-refractivity contribution in [3.05, 3.63) is 33.8 Å². The van der Waals surface area contributed by atoms with Crippen molar-refractivity contribution < 1.29 is 5.11 Å². The number of aliphatic hydroxyl groups is 1. The fraction of sp³-hybridized carbons (Fsp3) is 0.625. The molecule has 1 aliphatic rings. The summed E-state index contributed by atoms with van der Waals surface area (Å²) < 4.78 is 0. The van der Waals surface area contributed by atoms with Crippen LogP contribution in [0.4, 0.5) is 0 Å². The predicted molar refractivity (Wildman–Crippen MR) is 81.9 cm³/mol. The minimum atomic E-state index is -0.327. The summed E-state index contributed by atoms with van der Waals surface area (Å²) in [5.74, 6) is 1.17. The Kier molecular flexibility index (Phi) is 5.56. The smallest absolute Gasteiger partial charge is 0.0609 e. The number of aliphatic hydroxyl groups excluding tert-OH is 1. The van der Waals surface area contributed by atoms with Gasteiger partial charge >= 0.3 is 0 Å². The highest BCUT2D eigenvalue weighted by Gasteiger charge is 2.27. The Morgan fingerprint density at radius 3 is 2.58 bits per heavy atom. The number of rotatable bonds is 4. The van der Waals surface area contributed by atoms with Gasteiger partial charge in [-0.05, 0) is 42.4 Å². The van der Waals surface area contributed by atoms with Crippen LogP contribution in [0.1, 0.15) is 44.6 Å². The van der Waals surface area contributed by atoms with Crippen LogP contribution in [-0.4, -0.2) is 11.2 Å². The minimum Gasteiger partial charge on any atom is -0.392 e. The molecule has 1 saturated carbocycles. The van der Waals surface area contributed by atoms with Crippen LogP contribution in [0, 0.1) is 11.8 Å². The van der Waals surface area contributed by atoms with E-state index >= 15 is 0 Å². The standard InChI is InChI=1S/C16H22Cl2O/c1-2-11-5-3-6-12(9-11)16(19)10-13-14(17)7-4-8-15(13)18/h4,7-8,11-12,16,19H,2-3,5-6,9-10H2,1H3. The topological polar surface area (TPSA) is 20.2 Å². The van der Waals surface area contributed by atoms with E-state index in [9.17, 15) is 5.11 Å². The molecule has 0 bridgehead atoms. The summed E-state index contributed by atoms with van der Waals surface area (Å²) in [4.78, 5) is 0. The second-order valence-corrected chi connectivity index (χ2v) is 6.49. The second kappa shape index (κ2) is 6.97. The van der Waals surface area contributed by atoms with Crippen LogP contribution in [0.25, 0.3) is 0 Å². The Balaban J connectivity index is 2.02. The van der Waals surface area contributed by atoms with E-state index < -0.39 is 0 Å². The van der Waals surface area contributed by atoms with Crippen molar-refractivity contribution >= 4 is 23.2 Å². The maximum absolute atomic E-state index is 10.5. The average Bonchev–Trinajstić information content (AvgIpc) is 2.43. The molecule has 106 valence electrons. The Hall–Kier alpha value is -0.240. The van der Waals surface area contributed by atoms with Gasteiger partial charge in [0.15, 0.2) is 0 Å². The van der Waals surface area contributed by atoms with E-state index in [1.54, 1.807) is 0 Å². The summed E-state index contributed by atoms with van der Waals surface area (Å²) >= 11 is 12.3. The lowest BCUT2D eigenvalue weighted by atomic mass is 9.76. The van der Waals surface area contributed by atoms with Crippen molar-refractivity contribution in [3.63, 3.8) is 0 Å². The molecule has 1 fully saturated rings. The molecule has 0 aromatic heterocycles. The van der Waals surface area contributed by atoms with Crippen molar-refractivity contribution in [3.8, 4) is 0 Å². The third kappa shape index (κ3) is 3.87. The van der Waals surface area contributed by atoms with Gasteiger partial charge in [-0.1, -0.05) is 55.5 Å². The molecular formula is C16H22Cl2O. The largest absolute Gasteiger partial charge is 0.392 e. The maximum Gasteiger partial charge on any atom is 0.0609 e. The highest BCUT2D eigenvalue weighted by atomic mass is 35.5. The molecule has 0 radical (unpaired) electrons. The van der Waals surface area contributed by atoms with Crippen LogP contribution >= 0.6 is 23.2 Å². The zero-order valence-electron chi connectivity index (χ0n) is 11.4. The second-order valence-electron chi connectivity index (χ2n) is 5.67. The molecule has 1 aromatic carbocycles. The van der Waals surface area contributed by atoms with Crippen LogP contribution in [0.5, 0.6) is 0 Å². The Labute approximate surface area is 125 Å². The van der Waals surface area contributed by atoms with E-state index in [1.165, 1.54) is 19.3 Å². The first-order valence-corrected chi connectivity index (χ1v) is 7.98. The molecule has 3 unspecified atom stereocenters. The molecule has 3 heteroatoms. The Morgan fingerprint density at radius 2 is 1.95 bits per heavy atom. The molecule has 1 aliphatic carbocycles. The van der Waals surface area contributed by atoms with Gasteiger partial charge in [0.25, 0.3) is 0 Å². The van der Waals surface area contributed by atoms with Crippen LogP contribution in [0.15, 0.2) is 18.2 Å². The van der Waals surface area contributed by atoms with Gasteiger partial charge in [0.1, 0.15) is 0 Å². The number of hydrogen-bond acceptors (Lipinski definition) is 1. The zero-order valence-corrected chi connectivity index (χ0v) is 12.9. The molecule has 3 atom stereocenters. The highest BCUT2D eigenvalue weighted by Crippen LogP contribution is 2.35. The number of benzene rings is 1. The molecule has 1 nitrogen and oxygen atoms in total. The lowest BCUT2D eigenvalue weighted by molar-refractivity contribution is 0.0685. The molecule has 0 heterocycles. The monoisotopic (exact) mass is 300 g/mol. The minimum absolute atomic E-state index is 0.327. The maximum atomic E-state index is 10.5. The summed E-state index contributed by atoms with van der Waals surface area (Å²) in [6.45, 7) is 2.24. The van der Waals surface area contributed by atoms with Crippen molar-refractivity contribution in [2.24, 2.45) is 11.8 Å². The molecule has 0 spiro atoms. The van der Waals surface area contributed by atoms with Crippen molar-refractivity contribution in [1.82, 2.24) is 0 Å². The SMILES string of the molecule is CCC1CCCC(C(O)Cc2c(Cl)cccc2Cl)C1.